The van der Waals surface area contributed by atoms with Crippen LogP contribution in [0.4, 0.5) is 0 Å². The van der Waals surface area contributed by atoms with Gasteiger partial charge in [-0.3, -0.25) is 0 Å². The summed E-state index contributed by atoms with van der Waals surface area (Å²) in [6.07, 6.45) is 1.61. The number of hydrogen-bond acceptors (Lipinski definition) is 3. The zero-order chi connectivity index (χ0) is 16.0. The maximum Gasteiger partial charge on any atom is 0.299 e. The van der Waals surface area contributed by atoms with E-state index >= 15 is 0 Å². The first-order valence-electron chi connectivity index (χ1n) is 7.25. The van der Waals surface area contributed by atoms with Crippen molar-refractivity contribution in [2.45, 2.75) is 37.6 Å². The Morgan fingerprint density at radius 3 is 2.27 bits per heavy atom. The van der Waals surface area contributed by atoms with Gasteiger partial charge in [-0.1, -0.05) is 52.5 Å². The van der Waals surface area contributed by atoms with Crippen LogP contribution in [-0.4, -0.2) is 14.5 Å². The number of sulfonamides is 1. The van der Waals surface area contributed by atoms with Crippen LogP contribution in [0.15, 0.2) is 69.1 Å². The third kappa shape index (κ3) is 4.77. The zero-order valence-electron chi connectivity index (χ0n) is 12.8. The average Bonchev–Trinajstić information content (AvgIpc) is 2.52. The maximum atomic E-state index is 12.1. The Kier molecular flexibility index (Phi) is 5.44. The van der Waals surface area contributed by atoms with Crippen molar-refractivity contribution in [3.05, 3.63) is 65.7 Å². The monoisotopic (exact) mass is 316 g/mol. The molecule has 0 aliphatic heterocycles. The molecule has 0 N–H and O–H groups in total. The SMILES string of the molecule is Cc1ccc(S(=O)(=O)N=N[C@@H](C)CCc2ccccc2)cc1. The average molecular weight is 316 g/mol. The summed E-state index contributed by atoms with van der Waals surface area (Å²) in [5, 5.41) is 3.95. The van der Waals surface area contributed by atoms with Crippen LogP contribution in [0.2, 0.25) is 0 Å². The second kappa shape index (κ2) is 7.31. The van der Waals surface area contributed by atoms with E-state index < -0.39 is 10.0 Å². The van der Waals surface area contributed by atoms with Crippen LogP contribution in [0, 0.1) is 6.92 Å². The lowest BCUT2D eigenvalue weighted by Gasteiger charge is -2.05. The van der Waals surface area contributed by atoms with Crippen molar-refractivity contribution in [3.8, 4) is 0 Å². The fourth-order valence-electron chi connectivity index (χ4n) is 1.98. The largest absolute Gasteiger partial charge is 0.299 e. The number of benzene rings is 2. The lowest BCUT2D eigenvalue weighted by atomic mass is 10.1. The van der Waals surface area contributed by atoms with E-state index in [-0.39, 0.29) is 10.9 Å². The summed E-state index contributed by atoms with van der Waals surface area (Å²) in [5.41, 5.74) is 2.22. The van der Waals surface area contributed by atoms with E-state index in [0.717, 1.165) is 18.4 Å². The van der Waals surface area contributed by atoms with Gasteiger partial charge in [0.1, 0.15) is 0 Å². The van der Waals surface area contributed by atoms with Gasteiger partial charge in [0.15, 0.2) is 0 Å². The van der Waals surface area contributed by atoms with E-state index in [1.165, 1.54) is 5.56 Å². The minimum Gasteiger partial charge on any atom is -0.198 e. The topological polar surface area (TPSA) is 58.9 Å². The van der Waals surface area contributed by atoms with Crippen LogP contribution >= 0.6 is 0 Å². The van der Waals surface area contributed by atoms with E-state index in [4.69, 9.17) is 0 Å². The molecule has 0 radical (unpaired) electrons. The molecule has 2 aromatic carbocycles. The molecule has 1 atom stereocenters. The van der Waals surface area contributed by atoms with E-state index in [1.807, 2.05) is 44.2 Å². The summed E-state index contributed by atoms with van der Waals surface area (Å²) in [6.45, 7) is 3.78. The van der Waals surface area contributed by atoms with E-state index in [9.17, 15) is 8.42 Å². The van der Waals surface area contributed by atoms with Gasteiger partial charge in [0, 0.05) is 0 Å². The fourth-order valence-corrected chi connectivity index (χ4v) is 2.84. The number of rotatable bonds is 6. The lowest BCUT2D eigenvalue weighted by molar-refractivity contribution is 0.585. The van der Waals surface area contributed by atoms with Gasteiger partial charge in [0.25, 0.3) is 10.0 Å². The molecule has 0 saturated carbocycles. The zero-order valence-corrected chi connectivity index (χ0v) is 13.6. The van der Waals surface area contributed by atoms with Gasteiger partial charge in [-0.2, -0.15) is 13.5 Å². The second-order valence-electron chi connectivity index (χ2n) is 5.36. The Hall–Kier alpha value is -2.01. The van der Waals surface area contributed by atoms with Crippen molar-refractivity contribution >= 4 is 10.0 Å². The van der Waals surface area contributed by atoms with Gasteiger partial charge >= 0.3 is 0 Å². The Labute approximate surface area is 132 Å². The lowest BCUT2D eigenvalue weighted by Crippen LogP contribution is -2.02. The Morgan fingerprint density at radius 1 is 1.00 bits per heavy atom. The molecule has 0 fully saturated rings. The fraction of sp³-hybridized carbons (Fsp3) is 0.294. The van der Waals surface area contributed by atoms with Crippen LogP contribution < -0.4 is 0 Å². The Morgan fingerprint density at radius 2 is 1.64 bits per heavy atom. The van der Waals surface area contributed by atoms with E-state index in [0.29, 0.717) is 0 Å². The standard InChI is InChI=1S/C17H20N2O2S/c1-14-8-12-17(13-9-14)22(20,21)19-18-15(2)10-11-16-6-4-3-5-7-16/h3-9,12-13,15H,10-11H2,1-2H3/t15-/m0/s1. The van der Waals surface area contributed by atoms with Crippen molar-refractivity contribution in [2.75, 3.05) is 0 Å². The summed E-state index contributed by atoms with van der Waals surface area (Å²) >= 11 is 0. The molecule has 0 spiro atoms. The minimum atomic E-state index is -3.70. The van der Waals surface area contributed by atoms with Gasteiger partial charge < -0.3 is 0 Å². The van der Waals surface area contributed by atoms with Crippen LogP contribution in [0.5, 0.6) is 0 Å². The molecule has 116 valence electrons. The number of hydrogen-bond donors (Lipinski definition) is 0. The van der Waals surface area contributed by atoms with Crippen molar-refractivity contribution in [2.24, 2.45) is 9.63 Å². The molecule has 0 heterocycles. The first-order valence-corrected chi connectivity index (χ1v) is 8.69. The highest BCUT2D eigenvalue weighted by molar-refractivity contribution is 7.90. The van der Waals surface area contributed by atoms with Crippen molar-refractivity contribution < 1.29 is 8.42 Å². The summed E-state index contributed by atoms with van der Waals surface area (Å²) in [4.78, 5) is 0.178. The summed E-state index contributed by atoms with van der Waals surface area (Å²) < 4.78 is 27.7. The molecular weight excluding hydrogens is 296 g/mol. The third-order valence-corrected chi connectivity index (χ3v) is 4.54. The van der Waals surface area contributed by atoms with E-state index in [1.54, 1.807) is 24.3 Å². The summed E-state index contributed by atoms with van der Waals surface area (Å²) in [7, 11) is -3.70. The minimum absolute atomic E-state index is 0.138. The number of nitrogens with zero attached hydrogens (tertiary/aromatic N) is 2. The predicted molar refractivity (Wildman–Crippen MR) is 87.4 cm³/mol. The first-order chi connectivity index (χ1) is 10.5. The van der Waals surface area contributed by atoms with Crippen molar-refractivity contribution in [1.82, 2.24) is 0 Å². The third-order valence-electron chi connectivity index (χ3n) is 3.36. The quantitative estimate of drug-likeness (QED) is 0.751. The van der Waals surface area contributed by atoms with Crippen LogP contribution in [0.3, 0.4) is 0 Å². The van der Waals surface area contributed by atoms with Gasteiger partial charge in [0.05, 0.1) is 10.9 Å². The molecule has 0 aliphatic rings. The molecule has 0 amide bonds. The van der Waals surface area contributed by atoms with Gasteiger partial charge in [-0.15, -0.1) is 0 Å². The Bertz CT molecular complexity index is 723. The van der Waals surface area contributed by atoms with Gasteiger partial charge in [-0.25, -0.2) is 0 Å². The van der Waals surface area contributed by atoms with Crippen LogP contribution in [0.25, 0.3) is 0 Å². The molecule has 5 heteroatoms. The molecule has 0 aliphatic carbocycles. The molecule has 2 rings (SSSR count). The highest BCUT2D eigenvalue weighted by Crippen LogP contribution is 2.15. The smallest absolute Gasteiger partial charge is 0.198 e. The van der Waals surface area contributed by atoms with Crippen LogP contribution in [0.1, 0.15) is 24.5 Å². The van der Waals surface area contributed by atoms with Gasteiger partial charge in [0.2, 0.25) is 0 Å². The number of aryl methyl sites for hydroxylation is 2. The van der Waals surface area contributed by atoms with Crippen molar-refractivity contribution in [3.63, 3.8) is 0 Å². The maximum absolute atomic E-state index is 12.1. The highest BCUT2D eigenvalue weighted by atomic mass is 32.2. The molecule has 0 bridgehead atoms. The molecule has 22 heavy (non-hydrogen) atoms. The molecule has 2 aromatic rings. The summed E-state index contributed by atoms with van der Waals surface area (Å²) in [6, 6.07) is 16.5. The summed E-state index contributed by atoms with van der Waals surface area (Å²) in [5.74, 6) is 0. The Balaban J connectivity index is 1.96. The molecule has 4 nitrogen and oxygen atoms in total. The predicted octanol–water partition coefficient (Wildman–Crippen LogP) is 4.16. The molecule has 0 saturated heterocycles. The van der Waals surface area contributed by atoms with Crippen LogP contribution in [-0.2, 0) is 16.4 Å². The molecule has 0 unspecified atom stereocenters. The molecular formula is C17H20N2O2S. The van der Waals surface area contributed by atoms with E-state index in [2.05, 4.69) is 9.63 Å². The molecule has 0 aromatic heterocycles. The van der Waals surface area contributed by atoms with Gasteiger partial charge in [-0.05, 0) is 44.4 Å². The van der Waals surface area contributed by atoms with Crippen molar-refractivity contribution in [1.29, 1.82) is 0 Å². The first kappa shape index (κ1) is 16.4. The second-order valence-corrected chi connectivity index (χ2v) is 6.94. The normalized spacial score (nSPS) is 13.4. The highest BCUT2D eigenvalue weighted by Gasteiger charge is 2.13.